The first-order valence-corrected chi connectivity index (χ1v) is 9.60. The van der Waals surface area contributed by atoms with Crippen LogP contribution in [-0.4, -0.2) is 60.5 Å². The Morgan fingerprint density at radius 2 is 1.85 bits per heavy atom. The molecule has 2 aromatic heterocycles. The van der Waals surface area contributed by atoms with Gasteiger partial charge in [0.1, 0.15) is 5.69 Å². The molecule has 0 aliphatic carbocycles. The van der Waals surface area contributed by atoms with Gasteiger partial charge in [-0.2, -0.15) is 5.10 Å². The Hall–Kier alpha value is -4.20. The second kappa shape index (κ2) is 8.38. The number of nitrogens with zero attached hydrogens (tertiary/aromatic N) is 7. The standard InChI is InChI=1S/C19H22F2N10O2/c1-24-19-30(16-13(20)11(32-3)5-12(33-4)14(16)21)8-9-6-25-17-10(7-26-27-17)15(9)31(19)18(22)28-29(2)23/h5-7H,8,23H2,1-4H3,(H2,22,28)(H,25,26,27). The second-order valence-electron chi connectivity index (χ2n) is 7.00. The molecule has 3 aromatic rings. The summed E-state index contributed by atoms with van der Waals surface area (Å²) in [6.07, 6.45) is 3.11. The maximum Gasteiger partial charge on any atom is 0.227 e. The van der Waals surface area contributed by atoms with Crippen molar-refractivity contribution in [2.24, 2.45) is 21.7 Å². The van der Waals surface area contributed by atoms with Crippen LogP contribution in [-0.2, 0) is 6.54 Å². The number of aromatic nitrogens is 3. The van der Waals surface area contributed by atoms with Gasteiger partial charge >= 0.3 is 0 Å². The smallest absolute Gasteiger partial charge is 0.227 e. The Morgan fingerprint density at radius 3 is 2.42 bits per heavy atom. The Kier molecular flexibility index (Phi) is 5.59. The highest BCUT2D eigenvalue weighted by atomic mass is 19.1. The van der Waals surface area contributed by atoms with Crippen molar-refractivity contribution in [1.29, 1.82) is 0 Å². The van der Waals surface area contributed by atoms with Crippen LogP contribution >= 0.6 is 0 Å². The van der Waals surface area contributed by atoms with Gasteiger partial charge in [0.05, 0.1) is 38.0 Å². The minimum Gasteiger partial charge on any atom is -0.493 e. The fraction of sp³-hybridized carbons (Fsp3) is 0.263. The molecule has 4 rings (SSSR count). The van der Waals surface area contributed by atoms with Gasteiger partial charge < -0.3 is 20.1 Å². The first-order valence-electron chi connectivity index (χ1n) is 9.60. The lowest BCUT2D eigenvalue weighted by atomic mass is 10.1. The van der Waals surface area contributed by atoms with E-state index in [0.29, 0.717) is 22.3 Å². The number of methoxy groups -OCH3 is 2. The van der Waals surface area contributed by atoms with Crippen molar-refractivity contribution in [3.8, 4) is 11.5 Å². The molecule has 0 radical (unpaired) electrons. The third kappa shape index (κ3) is 3.49. The average molecular weight is 460 g/mol. The van der Waals surface area contributed by atoms with Gasteiger partial charge in [0.2, 0.25) is 11.9 Å². The van der Waals surface area contributed by atoms with Crippen LogP contribution in [0.4, 0.5) is 20.2 Å². The number of guanidine groups is 2. The summed E-state index contributed by atoms with van der Waals surface area (Å²) in [5, 5.41) is 12.5. The zero-order valence-corrected chi connectivity index (χ0v) is 18.3. The van der Waals surface area contributed by atoms with E-state index in [1.165, 1.54) is 38.1 Å². The number of hydrogen-bond donors (Lipinski definition) is 3. The fourth-order valence-corrected chi connectivity index (χ4v) is 3.70. The molecule has 0 fully saturated rings. The lowest BCUT2D eigenvalue weighted by Gasteiger charge is -2.39. The quantitative estimate of drug-likeness (QED) is 0.225. The number of hydrazone groups is 1. The summed E-state index contributed by atoms with van der Waals surface area (Å²) >= 11 is 0. The number of hydrazine groups is 1. The van der Waals surface area contributed by atoms with Crippen molar-refractivity contribution in [1.82, 2.24) is 20.3 Å². The number of ether oxygens (including phenoxy) is 2. The van der Waals surface area contributed by atoms with Crippen LogP contribution in [0.15, 0.2) is 28.6 Å². The fourth-order valence-electron chi connectivity index (χ4n) is 3.70. The van der Waals surface area contributed by atoms with Crippen molar-refractivity contribution in [2.75, 3.05) is 38.1 Å². The van der Waals surface area contributed by atoms with Crippen molar-refractivity contribution < 1.29 is 18.3 Å². The van der Waals surface area contributed by atoms with E-state index in [4.69, 9.17) is 21.1 Å². The van der Waals surface area contributed by atoms with Crippen molar-refractivity contribution in [2.45, 2.75) is 6.54 Å². The first kappa shape index (κ1) is 22.0. The largest absolute Gasteiger partial charge is 0.493 e. The minimum atomic E-state index is -0.941. The van der Waals surface area contributed by atoms with E-state index in [0.717, 1.165) is 11.2 Å². The summed E-state index contributed by atoms with van der Waals surface area (Å²) < 4.78 is 41.0. The molecule has 3 heterocycles. The zero-order chi connectivity index (χ0) is 23.9. The predicted molar refractivity (Wildman–Crippen MR) is 119 cm³/mol. The topological polar surface area (TPSA) is 147 Å². The van der Waals surface area contributed by atoms with E-state index in [1.54, 1.807) is 12.4 Å². The number of fused-ring (bicyclic) bond motifs is 3. The number of H-pyrrole nitrogens is 1. The Balaban J connectivity index is 2.02. The molecule has 0 saturated carbocycles. The molecule has 33 heavy (non-hydrogen) atoms. The summed E-state index contributed by atoms with van der Waals surface area (Å²) in [5.74, 6) is 3.35. The number of anilines is 2. The van der Waals surface area contributed by atoms with Gasteiger partial charge in [-0.15, -0.1) is 5.10 Å². The molecule has 12 nitrogen and oxygen atoms in total. The average Bonchev–Trinajstić information content (AvgIpc) is 3.27. The third-order valence-electron chi connectivity index (χ3n) is 5.03. The number of aromatic amines is 1. The molecule has 0 amide bonds. The summed E-state index contributed by atoms with van der Waals surface area (Å²) in [5.41, 5.74) is 7.44. The van der Waals surface area contributed by atoms with Crippen molar-refractivity contribution in [3.05, 3.63) is 35.7 Å². The van der Waals surface area contributed by atoms with Gasteiger partial charge in [0.25, 0.3) is 0 Å². The van der Waals surface area contributed by atoms with E-state index >= 15 is 8.78 Å². The first-order chi connectivity index (χ1) is 15.8. The minimum absolute atomic E-state index is 0.00251. The molecular formula is C19H22F2N10O2. The molecule has 0 spiro atoms. The van der Waals surface area contributed by atoms with E-state index in [2.05, 4.69) is 25.3 Å². The number of aliphatic imine (C=N–C) groups is 1. The molecular weight excluding hydrogens is 438 g/mol. The molecule has 1 aromatic carbocycles. The summed E-state index contributed by atoms with van der Waals surface area (Å²) in [7, 11) is 5.48. The van der Waals surface area contributed by atoms with Crippen LogP contribution in [0.3, 0.4) is 0 Å². The number of halogens is 2. The van der Waals surface area contributed by atoms with E-state index in [1.807, 2.05) is 0 Å². The normalized spacial score (nSPS) is 15.2. The van der Waals surface area contributed by atoms with Crippen LogP contribution < -0.4 is 30.8 Å². The molecule has 174 valence electrons. The maximum atomic E-state index is 15.4. The molecule has 0 atom stereocenters. The summed E-state index contributed by atoms with van der Waals surface area (Å²) in [6.45, 7) is 0.00251. The summed E-state index contributed by atoms with van der Waals surface area (Å²) in [4.78, 5) is 11.3. The zero-order valence-electron chi connectivity index (χ0n) is 18.3. The van der Waals surface area contributed by atoms with Crippen LogP contribution in [0.25, 0.3) is 11.0 Å². The lowest BCUT2D eigenvalue weighted by molar-refractivity contribution is 0.359. The predicted octanol–water partition coefficient (Wildman–Crippen LogP) is 1.10. The molecule has 0 saturated heterocycles. The highest BCUT2D eigenvalue weighted by Crippen LogP contribution is 2.42. The van der Waals surface area contributed by atoms with Gasteiger partial charge in [0, 0.05) is 31.9 Å². The maximum absolute atomic E-state index is 15.4. The van der Waals surface area contributed by atoms with Crippen LogP contribution in [0.2, 0.25) is 0 Å². The molecule has 0 unspecified atom stereocenters. The SMILES string of the molecule is CN=C1N(c2c(F)c(OC)cc(OC)c2F)Cc2cnc3[nH]ncc3c2N1/C(N)=N/N(C)N. The van der Waals surface area contributed by atoms with E-state index < -0.39 is 17.3 Å². The number of hydrogen-bond acceptors (Lipinski definition) is 8. The Labute approximate surface area is 187 Å². The van der Waals surface area contributed by atoms with Gasteiger partial charge in [-0.3, -0.25) is 10.1 Å². The molecule has 1 aliphatic rings. The van der Waals surface area contributed by atoms with Gasteiger partial charge in [-0.05, 0) is 0 Å². The number of rotatable bonds is 4. The summed E-state index contributed by atoms with van der Waals surface area (Å²) in [6, 6.07) is 1.13. The second-order valence-corrected chi connectivity index (χ2v) is 7.00. The van der Waals surface area contributed by atoms with Crippen LogP contribution in [0.1, 0.15) is 5.56 Å². The lowest BCUT2D eigenvalue weighted by Crippen LogP contribution is -2.55. The number of nitrogens with two attached hydrogens (primary N) is 2. The van der Waals surface area contributed by atoms with Gasteiger partial charge in [-0.25, -0.2) is 29.6 Å². The van der Waals surface area contributed by atoms with E-state index in [9.17, 15) is 0 Å². The molecule has 1 aliphatic heterocycles. The van der Waals surface area contributed by atoms with Crippen molar-refractivity contribution in [3.63, 3.8) is 0 Å². The van der Waals surface area contributed by atoms with Gasteiger partial charge in [0.15, 0.2) is 28.8 Å². The number of pyridine rings is 1. The highest BCUT2D eigenvalue weighted by molar-refractivity contribution is 6.26. The number of nitrogens with one attached hydrogen (secondary N) is 1. The van der Waals surface area contributed by atoms with E-state index in [-0.39, 0.29) is 30.0 Å². The molecule has 14 heteroatoms. The van der Waals surface area contributed by atoms with Crippen LogP contribution in [0.5, 0.6) is 11.5 Å². The monoisotopic (exact) mass is 460 g/mol. The van der Waals surface area contributed by atoms with Crippen LogP contribution in [0, 0.1) is 11.6 Å². The number of benzene rings is 1. The Bertz CT molecular complexity index is 1240. The molecule has 5 N–H and O–H groups in total. The highest BCUT2D eigenvalue weighted by Gasteiger charge is 2.38. The van der Waals surface area contributed by atoms with Gasteiger partial charge in [-0.1, -0.05) is 0 Å². The Morgan fingerprint density at radius 1 is 1.18 bits per heavy atom. The molecule has 0 bridgehead atoms. The third-order valence-corrected chi connectivity index (χ3v) is 5.03. The van der Waals surface area contributed by atoms with Crippen molar-refractivity contribution >= 4 is 34.3 Å².